The number of ether oxygens (including phenoxy) is 1. The van der Waals surface area contributed by atoms with E-state index < -0.39 is 0 Å². The molecule has 4 nitrogen and oxygen atoms in total. The standard InChI is InChI=1S/C17H29N3O/c1-4-10-18-14(3)15-8-9-17(19-12-15)20(5-2)13-16-7-6-11-21-16/h8-9,12,14,16,18H,4-7,10-11,13H2,1-3H3. The van der Waals surface area contributed by atoms with E-state index in [0.717, 1.165) is 38.5 Å². The Hall–Kier alpha value is -1.13. The number of nitrogens with zero attached hydrogens (tertiary/aromatic N) is 2. The summed E-state index contributed by atoms with van der Waals surface area (Å²) in [4.78, 5) is 6.96. The molecule has 0 bridgehead atoms. The van der Waals surface area contributed by atoms with Crippen LogP contribution in [-0.2, 0) is 4.74 Å². The van der Waals surface area contributed by atoms with Gasteiger partial charge in [0, 0.05) is 31.9 Å². The fourth-order valence-corrected chi connectivity index (χ4v) is 2.74. The number of aromatic nitrogens is 1. The molecule has 1 aromatic rings. The first-order valence-corrected chi connectivity index (χ1v) is 8.30. The molecule has 1 aliphatic rings. The first-order valence-electron chi connectivity index (χ1n) is 8.30. The van der Waals surface area contributed by atoms with Crippen molar-refractivity contribution in [2.24, 2.45) is 0 Å². The Kier molecular flexibility index (Phi) is 6.46. The minimum absolute atomic E-state index is 0.361. The van der Waals surface area contributed by atoms with Gasteiger partial charge < -0.3 is 15.0 Å². The largest absolute Gasteiger partial charge is 0.376 e. The highest BCUT2D eigenvalue weighted by Gasteiger charge is 2.19. The van der Waals surface area contributed by atoms with Crippen LogP contribution >= 0.6 is 0 Å². The van der Waals surface area contributed by atoms with Gasteiger partial charge in [0.1, 0.15) is 5.82 Å². The molecule has 2 rings (SSSR count). The van der Waals surface area contributed by atoms with E-state index in [4.69, 9.17) is 4.74 Å². The van der Waals surface area contributed by atoms with Crippen molar-refractivity contribution >= 4 is 5.82 Å². The SMILES string of the molecule is CCCNC(C)c1ccc(N(CC)CC2CCCO2)nc1. The molecule has 21 heavy (non-hydrogen) atoms. The predicted molar refractivity (Wildman–Crippen MR) is 87.8 cm³/mol. The van der Waals surface area contributed by atoms with Crippen LogP contribution in [-0.4, -0.2) is 37.3 Å². The molecule has 118 valence electrons. The molecule has 0 amide bonds. The first kappa shape index (κ1) is 16.2. The molecular weight excluding hydrogens is 262 g/mol. The topological polar surface area (TPSA) is 37.4 Å². The number of likely N-dealkylation sites (N-methyl/N-ethyl adjacent to an activating group) is 1. The molecule has 1 aromatic heterocycles. The summed E-state index contributed by atoms with van der Waals surface area (Å²) in [5, 5.41) is 3.50. The van der Waals surface area contributed by atoms with Gasteiger partial charge in [-0.25, -0.2) is 4.98 Å². The summed E-state index contributed by atoms with van der Waals surface area (Å²) in [6, 6.07) is 4.69. The molecule has 2 atom stereocenters. The quantitative estimate of drug-likeness (QED) is 0.798. The molecule has 0 aromatic carbocycles. The van der Waals surface area contributed by atoms with Gasteiger partial charge in [-0.3, -0.25) is 0 Å². The van der Waals surface area contributed by atoms with Crippen molar-refractivity contribution in [1.82, 2.24) is 10.3 Å². The van der Waals surface area contributed by atoms with Crippen LogP contribution in [0.4, 0.5) is 5.82 Å². The number of hydrogen-bond donors (Lipinski definition) is 1. The molecule has 1 N–H and O–H groups in total. The molecule has 0 radical (unpaired) electrons. The van der Waals surface area contributed by atoms with E-state index >= 15 is 0 Å². The van der Waals surface area contributed by atoms with E-state index in [2.05, 4.69) is 48.1 Å². The molecule has 0 aliphatic carbocycles. The van der Waals surface area contributed by atoms with Gasteiger partial charge in [-0.1, -0.05) is 13.0 Å². The minimum Gasteiger partial charge on any atom is -0.376 e. The smallest absolute Gasteiger partial charge is 0.128 e. The number of nitrogens with one attached hydrogen (secondary N) is 1. The fourth-order valence-electron chi connectivity index (χ4n) is 2.74. The number of pyridine rings is 1. The average molecular weight is 291 g/mol. The Morgan fingerprint density at radius 3 is 2.86 bits per heavy atom. The van der Waals surface area contributed by atoms with Crippen LogP contribution in [0.15, 0.2) is 18.3 Å². The van der Waals surface area contributed by atoms with Gasteiger partial charge in [0.05, 0.1) is 6.10 Å². The van der Waals surface area contributed by atoms with Gasteiger partial charge in [-0.15, -0.1) is 0 Å². The fraction of sp³-hybridized carbons (Fsp3) is 0.706. The lowest BCUT2D eigenvalue weighted by atomic mass is 10.1. The molecule has 0 saturated carbocycles. The number of rotatable bonds is 8. The molecule has 2 heterocycles. The van der Waals surface area contributed by atoms with Crippen molar-refractivity contribution in [2.45, 2.75) is 52.2 Å². The van der Waals surface area contributed by atoms with Gasteiger partial charge in [-0.2, -0.15) is 0 Å². The van der Waals surface area contributed by atoms with Crippen LogP contribution in [0.25, 0.3) is 0 Å². The highest BCUT2D eigenvalue weighted by molar-refractivity contribution is 5.39. The summed E-state index contributed by atoms with van der Waals surface area (Å²) in [6.45, 7) is 10.4. The Morgan fingerprint density at radius 1 is 1.43 bits per heavy atom. The summed E-state index contributed by atoms with van der Waals surface area (Å²) >= 11 is 0. The van der Waals surface area contributed by atoms with Crippen molar-refractivity contribution in [1.29, 1.82) is 0 Å². The third-order valence-corrected chi connectivity index (χ3v) is 4.12. The van der Waals surface area contributed by atoms with Crippen molar-refractivity contribution in [3.05, 3.63) is 23.9 Å². The lowest BCUT2D eigenvalue weighted by Crippen LogP contribution is -2.32. The van der Waals surface area contributed by atoms with Gasteiger partial charge in [0.15, 0.2) is 0 Å². The molecule has 1 saturated heterocycles. The van der Waals surface area contributed by atoms with Crippen LogP contribution in [0.5, 0.6) is 0 Å². The van der Waals surface area contributed by atoms with Crippen LogP contribution < -0.4 is 10.2 Å². The summed E-state index contributed by atoms with van der Waals surface area (Å²) in [7, 11) is 0. The van der Waals surface area contributed by atoms with Crippen LogP contribution in [0.2, 0.25) is 0 Å². The summed E-state index contributed by atoms with van der Waals surface area (Å²) in [5.41, 5.74) is 1.25. The molecule has 1 aliphatic heterocycles. The monoisotopic (exact) mass is 291 g/mol. The third-order valence-electron chi connectivity index (χ3n) is 4.12. The maximum absolute atomic E-state index is 5.73. The first-order chi connectivity index (χ1) is 10.2. The Balaban J connectivity index is 1.95. The van der Waals surface area contributed by atoms with Gasteiger partial charge >= 0.3 is 0 Å². The minimum atomic E-state index is 0.361. The molecular formula is C17H29N3O. The Bertz CT molecular complexity index is 401. The van der Waals surface area contributed by atoms with Crippen molar-refractivity contribution < 1.29 is 4.74 Å². The second-order valence-corrected chi connectivity index (χ2v) is 5.80. The number of hydrogen-bond acceptors (Lipinski definition) is 4. The van der Waals surface area contributed by atoms with Crippen LogP contribution in [0, 0.1) is 0 Å². The van der Waals surface area contributed by atoms with Gasteiger partial charge in [0.25, 0.3) is 0 Å². The number of anilines is 1. The van der Waals surface area contributed by atoms with Crippen LogP contribution in [0.1, 0.15) is 51.6 Å². The maximum atomic E-state index is 5.73. The van der Waals surface area contributed by atoms with Gasteiger partial charge in [-0.05, 0) is 51.3 Å². The molecule has 0 spiro atoms. The maximum Gasteiger partial charge on any atom is 0.128 e. The zero-order valence-corrected chi connectivity index (χ0v) is 13.6. The predicted octanol–water partition coefficient (Wildman–Crippen LogP) is 3.15. The average Bonchev–Trinajstić information content (AvgIpc) is 3.03. The van der Waals surface area contributed by atoms with E-state index in [1.54, 1.807) is 0 Å². The zero-order chi connectivity index (χ0) is 15.1. The highest BCUT2D eigenvalue weighted by Crippen LogP contribution is 2.19. The van der Waals surface area contributed by atoms with Gasteiger partial charge in [0.2, 0.25) is 0 Å². The lowest BCUT2D eigenvalue weighted by Gasteiger charge is -2.25. The van der Waals surface area contributed by atoms with E-state index in [9.17, 15) is 0 Å². The normalized spacial score (nSPS) is 19.7. The Morgan fingerprint density at radius 2 is 2.29 bits per heavy atom. The summed E-state index contributed by atoms with van der Waals surface area (Å²) in [5.74, 6) is 1.06. The van der Waals surface area contributed by atoms with Crippen molar-refractivity contribution in [3.63, 3.8) is 0 Å². The van der Waals surface area contributed by atoms with Crippen molar-refractivity contribution in [2.75, 3.05) is 31.1 Å². The lowest BCUT2D eigenvalue weighted by molar-refractivity contribution is 0.115. The Labute approximate surface area is 128 Å². The second kappa shape index (κ2) is 8.35. The zero-order valence-electron chi connectivity index (χ0n) is 13.6. The van der Waals surface area contributed by atoms with Crippen LogP contribution in [0.3, 0.4) is 0 Å². The highest BCUT2D eigenvalue weighted by atomic mass is 16.5. The van der Waals surface area contributed by atoms with E-state index in [1.807, 2.05) is 6.20 Å². The van der Waals surface area contributed by atoms with E-state index in [0.29, 0.717) is 12.1 Å². The second-order valence-electron chi connectivity index (χ2n) is 5.80. The van der Waals surface area contributed by atoms with E-state index in [-0.39, 0.29) is 0 Å². The summed E-state index contributed by atoms with van der Waals surface area (Å²) < 4.78 is 5.73. The molecule has 2 unspecified atom stereocenters. The molecule has 1 fully saturated rings. The van der Waals surface area contributed by atoms with Crippen molar-refractivity contribution in [3.8, 4) is 0 Å². The molecule has 4 heteroatoms. The summed E-state index contributed by atoms with van der Waals surface area (Å²) in [6.07, 6.45) is 5.89. The van der Waals surface area contributed by atoms with E-state index in [1.165, 1.54) is 18.4 Å². The third kappa shape index (κ3) is 4.68.